The number of phenolic OH excluding ortho intramolecular Hbond substituents is 1. The first kappa shape index (κ1) is 16.7. The van der Waals surface area contributed by atoms with E-state index in [0.29, 0.717) is 10.4 Å². The fourth-order valence-corrected chi connectivity index (χ4v) is 3.27. The third kappa shape index (κ3) is 3.09. The number of nitrogens with one attached hydrogen (secondary N) is 1. The first-order valence-corrected chi connectivity index (χ1v) is 7.49. The summed E-state index contributed by atoms with van der Waals surface area (Å²) < 4.78 is 4.71. The van der Waals surface area contributed by atoms with Crippen LogP contribution in [0.25, 0.3) is 10.4 Å². The molecule has 0 radical (unpaired) electrons. The number of ether oxygens (including phenoxy) is 1. The number of rotatable bonds is 4. The Morgan fingerprint density at radius 3 is 2.61 bits per heavy atom. The van der Waals surface area contributed by atoms with Gasteiger partial charge in [0.15, 0.2) is 0 Å². The molecule has 6 nitrogen and oxygen atoms in total. The van der Waals surface area contributed by atoms with Crippen LogP contribution in [0.1, 0.15) is 25.6 Å². The molecule has 0 unspecified atom stereocenters. The van der Waals surface area contributed by atoms with Crippen LogP contribution in [0.4, 0.5) is 5.69 Å². The van der Waals surface area contributed by atoms with Crippen molar-refractivity contribution < 1.29 is 19.4 Å². The third-order valence-corrected chi connectivity index (χ3v) is 4.55. The van der Waals surface area contributed by atoms with Gasteiger partial charge in [0.05, 0.1) is 12.7 Å². The van der Waals surface area contributed by atoms with Crippen molar-refractivity contribution in [3.8, 4) is 16.2 Å². The molecule has 23 heavy (non-hydrogen) atoms. The Bertz CT molecular complexity index is 796. The molecule has 0 spiro atoms. The molecule has 7 heteroatoms. The second-order valence-corrected chi connectivity index (χ2v) is 5.80. The highest BCUT2D eigenvalue weighted by Crippen LogP contribution is 2.39. The van der Waals surface area contributed by atoms with Crippen LogP contribution in [0.15, 0.2) is 23.2 Å². The van der Waals surface area contributed by atoms with Crippen molar-refractivity contribution in [1.29, 1.82) is 0 Å². The van der Waals surface area contributed by atoms with E-state index in [-0.39, 0.29) is 22.9 Å². The van der Waals surface area contributed by atoms with E-state index in [0.717, 1.165) is 10.4 Å². The van der Waals surface area contributed by atoms with Crippen LogP contribution in [-0.4, -0.2) is 37.9 Å². The van der Waals surface area contributed by atoms with Gasteiger partial charge in [0, 0.05) is 11.9 Å². The number of hydrogen-bond donors (Lipinski definition) is 2. The van der Waals surface area contributed by atoms with E-state index in [1.165, 1.54) is 31.6 Å². The van der Waals surface area contributed by atoms with Crippen molar-refractivity contribution in [2.24, 2.45) is 4.99 Å². The van der Waals surface area contributed by atoms with Gasteiger partial charge in [-0.25, -0.2) is 4.79 Å². The third-order valence-electron chi connectivity index (χ3n) is 3.29. The molecule has 0 aliphatic carbocycles. The lowest BCUT2D eigenvalue weighted by Gasteiger charge is -2.09. The van der Waals surface area contributed by atoms with Crippen molar-refractivity contribution in [2.45, 2.75) is 6.92 Å². The van der Waals surface area contributed by atoms with E-state index < -0.39 is 5.97 Å². The van der Waals surface area contributed by atoms with E-state index in [1.54, 1.807) is 12.1 Å². The highest BCUT2D eigenvalue weighted by Gasteiger charge is 2.19. The average molecular weight is 332 g/mol. The van der Waals surface area contributed by atoms with E-state index in [1.807, 2.05) is 6.92 Å². The quantitative estimate of drug-likeness (QED) is 0.665. The van der Waals surface area contributed by atoms with E-state index in [2.05, 4.69) is 17.0 Å². The highest BCUT2D eigenvalue weighted by molar-refractivity contribution is 7.17. The minimum absolute atomic E-state index is 0.121. The molecule has 1 aromatic heterocycles. The summed E-state index contributed by atoms with van der Waals surface area (Å²) in [6, 6.07) is 4.82. The number of hydrogen-bond acceptors (Lipinski definition) is 6. The second-order valence-electron chi connectivity index (χ2n) is 4.74. The van der Waals surface area contributed by atoms with Gasteiger partial charge >= 0.3 is 5.97 Å². The Morgan fingerprint density at radius 2 is 2.04 bits per heavy atom. The molecule has 0 saturated heterocycles. The number of thiophene rings is 1. The zero-order valence-electron chi connectivity index (χ0n) is 13.0. The number of esters is 1. The number of amides is 1. The van der Waals surface area contributed by atoms with E-state index in [9.17, 15) is 14.7 Å². The Morgan fingerprint density at radius 1 is 1.35 bits per heavy atom. The summed E-state index contributed by atoms with van der Waals surface area (Å²) in [7, 11) is 2.81. The largest absolute Gasteiger partial charge is 0.506 e. The van der Waals surface area contributed by atoms with Crippen molar-refractivity contribution in [1.82, 2.24) is 5.32 Å². The van der Waals surface area contributed by atoms with Gasteiger partial charge in [0.25, 0.3) is 5.91 Å². The monoisotopic (exact) mass is 332 g/mol. The van der Waals surface area contributed by atoms with Crippen LogP contribution >= 0.6 is 11.3 Å². The van der Waals surface area contributed by atoms with Gasteiger partial charge in [-0.05, 0) is 43.0 Å². The number of aromatic hydroxyl groups is 1. The Balaban J connectivity index is 2.63. The van der Waals surface area contributed by atoms with Crippen molar-refractivity contribution >= 4 is 35.6 Å². The lowest BCUT2D eigenvalue weighted by molar-refractivity contribution is 0.0606. The van der Waals surface area contributed by atoms with Crippen molar-refractivity contribution in [2.75, 3.05) is 14.2 Å². The number of benzene rings is 1. The van der Waals surface area contributed by atoms with Crippen LogP contribution in [0, 0.1) is 6.92 Å². The zero-order chi connectivity index (χ0) is 17.1. The molecular formula is C16H16N2O4S. The van der Waals surface area contributed by atoms with Crippen molar-refractivity contribution in [3.63, 3.8) is 0 Å². The summed E-state index contributed by atoms with van der Waals surface area (Å²) in [6.45, 7) is 5.22. The van der Waals surface area contributed by atoms with Gasteiger partial charge in [-0.3, -0.25) is 9.79 Å². The first-order valence-electron chi connectivity index (χ1n) is 6.67. The molecule has 0 bridgehead atoms. The Hall–Kier alpha value is -2.67. The topological polar surface area (TPSA) is 88.0 Å². The van der Waals surface area contributed by atoms with E-state index >= 15 is 0 Å². The number of carbonyl (C=O) groups excluding carboxylic acids is 2. The summed E-state index contributed by atoms with van der Waals surface area (Å²) in [5, 5.41) is 12.6. The minimum Gasteiger partial charge on any atom is -0.506 e. The summed E-state index contributed by atoms with van der Waals surface area (Å²) in [5.74, 6) is -0.958. The van der Waals surface area contributed by atoms with Gasteiger partial charge in [-0.15, -0.1) is 11.3 Å². The molecule has 1 aromatic carbocycles. The minimum atomic E-state index is -0.426. The number of methoxy groups -OCH3 is 1. The number of nitrogens with zero attached hydrogens (tertiary/aromatic N) is 1. The maximum atomic E-state index is 12.0. The molecule has 0 aliphatic rings. The molecule has 0 fully saturated rings. The maximum absolute atomic E-state index is 12.0. The number of phenols is 1. The molecule has 1 amide bonds. The van der Waals surface area contributed by atoms with Crippen LogP contribution in [0.2, 0.25) is 0 Å². The average Bonchev–Trinajstić information content (AvgIpc) is 2.94. The molecule has 120 valence electrons. The summed E-state index contributed by atoms with van der Waals surface area (Å²) in [5.41, 5.74) is 1.79. The molecule has 2 rings (SSSR count). The number of carbonyl (C=O) groups is 2. The molecule has 0 saturated carbocycles. The molecule has 2 N–H and O–H groups in total. The maximum Gasteiger partial charge on any atom is 0.348 e. The van der Waals surface area contributed by atoms with Crippen LogP contribution in [0.3, 0.4) is 0 Å². The fraction of sp³-hybridized carbons (Fsp3) is 0.188. The normalized spacial score (nSPS) is 10.2. The van der Waals surface area contributed by atoms with Gasteiger partial charge in [0.1, 0.15) is 16.3 Å². The zero-order valence-corrected chi connectivity index (χ0v) is 13.8. The fourth-order valence-electron chi connectivity index (χ4n) is 2.19. The van der Waals surface area contributed by atoms with Gasteiger partial charge in [-0.2, -0.15) is 0 Å². The van der Waals surface area contributed by atoms with Crippen LogP contribution in [-0.2, 0) is 4.74 Å². The predicted octanol–water partition coefficient (Wildman–Crippen LogP) is 2.91. The van der Waals surface area contributed by atoms with Crippen molar-refractivity contribution in [3.05, 3.63) is 34.2 Å². The molecule has 0 aliphatic heterocycles. The second kappa shape index (κ2) is 6.62. The predicted molar refractivity (Wildman–Crippen MR) is 90.1 cm³/mol. The number of aliphatic imine (C=N–C) groups is 1. The summed E-state index contributed by atoms with van der Waals surface area (Å²) >= 11 is 1.23. The molecular weight excluding hydrogens is 316 g/mol. The highest BCUT2D eigenvalue weighted by atomic mass is 32.1. The summed E-state index contributed by atoms with van der Waals surface area (Å²) in [4.78, 5) is 28.6. The molecule has 2 aromatic rings. The SMILES string of the molecule is C=Nc1c(O)cc(-c2sc(C(=O)OC)cc2C)cc1C(=O)NC. The first-order chi connectivity index (χ1) is 10.9. The van der Waals surface area contributed by atoms with Crippen LogP contribution in [0.5, 0.6) is 5.75 Å². The lowest BCUT2D eigenvalue weighted by atomic mass is 10.0. The Labute approximate surface area is 137 Å². The Kier molecular flexibility index (Phi) is 4.80. The van der Waals surface area contributed by atoms with Gasteiger partial charge < -0.3 is 15.2 Å². The van der Waals surface area contributed by atoms with Crippen LogP contribution < -0.4 is 5.32 Å². The smallest absolute Gasteiger partial charge is 0.348 e. The van der Waals surface area contributed by atoms with Gasteiger partial charge in [0.2, 0.25) is 0 Å². The standard InChI is InChI=1S/C16H16N2O4S/c1-8-5-12(16(21)22-4)23-14(8)9-6-10(15(20)18-3)13(17-2)11(19)7-9/h5-7,19H,2H2,1,3-4H3,(H,18,20). The molecule has 0 atom stereocenters. The molecule has 1 heterocycles. The lowest BCUT2D eigenvalue weighted by Crippen LogP contribution is -2.18. The number of aryl methyl sites for hydroxylation is 1. The van der Waals surface area contributed by atoms with E-state index in [4.69, 9.17) is 4.74 Å². The van der Waals surface area contributed by atoms with Gasteiger partial charge in [-0.1, -0.05) is 0 Å². The summed E-state index contributed by atoms with van der Waals surface area (Å²) in [6.07, 6.45) is 0.